The van der Waals surface area contributed by atoms with E-state index in [0.717, 1.165) is 15.4 Å². The van der Waals surface area contributed by atoms with Crippen LogP contribution in [0.3, 0.4) is 0 Å². The zero-order chi connectivity index (χ0) is 14.1. The summed E-state index contributed by atoms with van der Waals surface area (Å²) in [6.07, 6.45) is 3.37. The van der Waals surface area contributed by atoms with E-state index in [1.807, 2.05) is 24.3 Å². The molecule has 100 valence electrons. The predicted octanol–water partition coefficient (Wildman–Crippen LogP) is 3.05. The molecule has 0 fully saturated rings. The molecule has 0 amide bonds. The number of rotatable bonds is 2. The van der Waals surface area contributed by atoms with E-state index in [0.29, 0.717) is 22.9 Å². The van der Waals surface area contributed by atoms with Gasteiger partial charge >= 0.3 is 0 Å². The van der Waals surface area contributed by atoms with Crippen molar-refractivity contribution in [1.29, 1.82) is 0 Å². The molecule has 2 heterocycles. The SMILES string of the molecule is COc1ccc(Br)cc1-c1ncc2ccnc(N)c2n1. The number of nitrogen functional groups attached to an aromatic ring is 1. The highest BCUT2D eigenvalue weighted by molar-refractivity contribution is 9.10. The highest BCUT2D eigenvalue weighted by atomic mass is 79.9. The van der Waals surface area contributed by atoms with Crippen molar-refractivity contribution < 1.29 is 4.74 Å². The lowest BCUT2D eigenvalue weighted by Crippen LogP contribution is -1.97. The number of methoxy groups -OCH3 is 1. The van der Waals surface area contributed by atoms with Crippen LogP contribution >= 0.6 is 15.9 Å². The van der Waals surface area contributed by atoms with E-state index >= 15 is 0 Å². The van der Waals surface area contributed by atoms with Gasteiger partial charge in [-0.1, -0.05) is 15.9 Å². The Kier molecular flexibility index (Phi) is 3.23. The number of halogens is 1. The van der Waals surface area contributed by atoms with Crippen LogP contribution in [0.1, 0.15) is 0 Å². The summed E-state index contributed by atoms with van der Waals surface area (Å²) in [4.78, 5) is 12.9. The maximum atomic E-state index is 5.86. The van der Waals surface area contributed by atoms with E-state index < -0.39 is 0 Å². The lowest BCUT2D eigenvalue weighted by molar-refractivity contribution is 0.416. The highest BCUT2D eigenvalue weighted by Crippen LogP contribution is 2.31. The van der Waals surface area contributed by atoms with E-state index in [9.17, 15) is 0 Å². The van der Waals surface area contributed by atoms with Gasteiger partial charge in [0.05, 0.1) is 12.7 Å². The van der Waals surface area contributed by atoms with Gasteiger partial charge in [-0.15, -0.1) is 0 Å². The predicted molar refractivity (Wildman–Crippen MR) is 81.4 cm³/mol. The largest absolute Gasteiger partial charge is 0.496 e. The molecule has 0 aliphatic carbocycles. The molecule has 0 unspecified atom stereocenters. The van der Waals surface area contributed by atoms with Gasteiger partial charge in [0.2, 0.25) is 0 Å². The van der Waals surface area contributed by atoms with Crippen molar-refractivity contribution in [1.82, 2.24) is 15.0 Å². The molecule has 20 heavy (non-hydrogen) atoms. The van der Waals surface area contributed by atoms with Crippen LogP contribution in [0.25, 0.3) is 22.3 Å². The molecule has 2 aromatic heterocycles. The minimum absolute atomic E-state index is 0.389. The van der Waals surface area contributed by atoms with Crippen molar-refractivity contribution in [3.8, 4) is 17.1 Å². The van der Waals surface area contributed by atoms with Crippen LogP contribution in [-0.2, 0) is 0 Å². The van der Waals surface area contributed by atoms with Gasteiger partial charge in [-0.25, -0.2) is 15.0 Å². The minimum Gasteiger partial charge on any atom is -0.496 e. The molecule has 0 bridgehead atoms. The molecule has 3 rings (SSSR count). The molecule has 0 atom stereocenters. The summed E-state index contributed by atoms with van der Waals surface area (Å²) in [5.41, 5.74) is 7.30. The Labute approximate surface area is 124 Å². The summed E-state index contributed by atoms with van der Waals surface area (Å²) >= 11 is 3.44. The third-order valence-corrected chi connectivity index (χ3v) is 3.42. The Morgan fingerprint density at radius 1 is 1.20 bits per heavy atom. The minimum atomic E-state index is 0.389. The molecule has 0 saturated heterocycles. The molecule has 2 N–H and O–H groups in total. The van der Waals surface area contributed by atoms with Crippen LogP contribution in [-0.4, -0.2) is 22.1 Å². The van der Waals surface area contributed by atoms with Gasteiger partial charge in [-0.2, -0.15) is 0 Å². The van der Waals surface area contributed by atoms with Gasteiger partial charge in [-0.3, -0.25) is 0 Å². The van der Waals surface area contributed by atoms with Crippen molar-refractivity contribution in [2.24, 2.45) is 0 Å². The average molecular weight is 331 g/mol. The van der Waals surface area contributed by atoms with Gasteiger partial charge in [0.1, 0.15) is 17.1 Å². The second-order valence-corrected chi connectivity index (χ2v) is 5.09. The first-order valence-electron chi connectivity index (χ1n) is 5.90. The van der Waals surface area contributed by atoms with Crippen LogP contribution in [0.2, 0.25) is 0 Å². The number of fused-ring (bicyclic) bond motifs is 1. The smallest absolute Gasteiger partial charge is 0.163 e. The van der Waals surface area contributed by atoms with E-state index in [-0.39, 0.29) is 0 Å². The van der Waals surface area contributed by atoms with Crippen LogP contribution in [0, 0.1) is 0 Å². The highest BCUT2D eigenvalue weighted by Gasteiger charge is 2.11. The number of pyridine rings is 1. The van der Waals surface area contributed by atoms with Gasteiger partial charge < -0.3 is 10.5 Å². The van der Waals surface area contributed by atoms with Crippen LogP contribution < -0.4 is 10.5 Å². The Hall–Kier alpha value is -2.21. The fourth-order valence-electron chi connectivity index (χ4n) is 1.96. The van der Waals surface area contributed by atoms with Crippen LogP contribution in [0.4, 0.5) is 5.82 Å². The lowest BCUT2D eigenvalue weighted by atomic mass is 10.2. The summed E-state index contributed by atoms with van der Waals surface area (Å²) in [6.45, 7) is 0. The molecular formula is C14H11BrN4O. The molecule has 3 aromatic rings. The molecule has 0 aliphatic rings. The molecule has 0 spiro atoms. The summed E-state index contributed by atoms with van der Waals surface area (Å²) in [5, 5.41) is 0.857. The number of hydrogen-bond acceptors (Lipinski definition) is 5. The van der Waals surface area contributed by atoms with Gasteiger partial charge in [-0.05, 0) is 24.3 Å². The second kappa shape index (κ2) is 5.05. The average Bonchev–Trinajstić information content (AvgIpc) is 2.47. The van der Waals surface area contributed by atoms with Crippen molar-refractivity contribution in [3.63, 3.8) is 0 Å². The second-order valence-electron chi connectivity index (χ2n) is 4.17. The number of anilines is 1. The maximum Gasteiger partial charge on any atom is 0.163 e. The monoisotopic (exact) mass is 330 g/mol. The third-order valence-electron chi connectivity index (χ3n) is 2.93. The standard InChI is InChI=1S/C14H11BrN4O/c1-20-11-3-2-9(15)6-10(11)14-18-7-8-4-5-17-13(16)12(8)19-14/h2-7H,1H3,(H2,16,17). The molecule has 6 heteroatoms. The number of hydrogen-bond donors (Lipinski definition) is 1. The van der Waals surface area contributed by atoms with Gasteiger partial charge in [0, 0.05) is 22.3 Å². The third kappa shape index (κ3) is 2.18. The van der Waals surface area contributed by atoms with Crippen LogP contribution in [0.15, 0.2) is 41.1 Å². The Balaban J connectivity index is 2.24. The van der Waals surface area contributed by atoms with Crippen molar-refractivity contribution in [2.45, 2.75) is 0 Å². The van der Waals surface area contributed by atoms with Gasteiger partial charge in [0.25, 0.3) is 0 Å². The topological polar surface area (TPSA) is 73.9 Å². The fourth-order valence-corrected chi connectivity index (χ4v) is 2.32. The first-order valence-corrected chi connectivity index (χ1v) is 6.69. The first kappa shape index (κ1) is 12.8. The Morgan fingerprint density at radius 2 is 2.05 bits per heavy atom. The first-order chi connectivity index (χ1) is 9.69. The van der Waals surface area contributed by atoms with E-state index in [2.05, 4.69) is 30.9 Å². The fraction of sp³-hybridized carbons (Fsp3) is 0.0714. The number of aromatic nitrogens is 3. The quantitative estimate of drug-likeness (QED) is 0.781. The summed E-state index contributed by atoms with van der Waals surface area (Å²) < 4.78 is 6.28. The molecule has 0 radical (unpaired) electrons. The van der Waals surface area contributed by atoms with Crippen LogP contribution in [0.5, 0.6) is 5.75 Å². The van der Waals surface area contributed by atoms with Gasteiger partial charge in [0.15, 0.2) is 5.82 Å². The molecule has 0 saturated carbocycles. The van der Waals surface area contributed by atoms with Crippen molar-refractivity contribution in [3.05, 3.63) is 41.1 Å². The summed E-state index contributed by atoms with van der Waals surface area (Å²) in [5.74, 6) is 1.64. The zero-order valence-corrected chi connectivity index (χ0v) is 12.3. The van der Waals surface area contributed by atoms with E-state index in [1.54, 1.807) is 19.5 Å². The molecule has 0 aliphatic heterocycles. The summed E-state index contributed by atoms with van der Waals surface area (Å²) in [7, 11) is 1.61. The number of nitrogens with two attached hydrogens (primary N) is 1. The number of nitrogens with zero attached hydrogens (tertiary/aromatic N) is 3. The van der Waals surface area contributed by atoms with Crippen molar-refractivity contribution >= 4 is 32.7 Å². The molecular weight excluding hydrogens is 320 g/mol. The van der Waals surface area contributed by atoms with E-state index in [4.69, 9.17) is 10.5 Å². The zero-order valence-electron chi connectivity index (χ0n) is 10.7. The molecule has 1 aromatic carbocycles. The Bertz CT molecular complexity index is 791. The lowest BCUT2D eigenvalue weighted by Gasteiger charge is -2.09. The van der Waals surface area contributed by atoms with E-state index in [1.165, 1.54) is 0 Å². The number of benzene rings is 1. The molecule has 5 nitrogen and oxygen atoms in total. The number of ether oxygens (including phenoxy) is 1. The summed E-state index contributed by atoms with van der Waals surface area (Å²) in [6, 6.07) is 7.50. The van der Waals surface area contributed by atoms with Crippen molar-refractivity contribution in [2.75, 3.05) is 12.8 Å². The maximum absolute atomic E-state index is 5.86. The normalized spacial score (nSPS) is 10.7. The Morgan fingerprint density at radius 3 is 2.85 bits per heavy atom.